The van der Waals surface area contributed by atoms with E-state index < -0.39 is 35.6 Å². The first-order chi connectivity index (χ1) is 16.9. The maximum atomic E-state index is 13.1. The predicted molar refractivity (Wildman–Crippen MR) is 119 cm³/mol. The summed E-state index contributed by atoms with van der Waals surface area (Å²) in [5.74, 6) is -1.14. The number of aromatic nitrogens is 1. The lowest BCUT2D eigenvalue weighted by Crippen LogP contribution is -2.40. The molecule has 1 aliphatic heterocycles. The normalized spacial score (nSPS) is 20.3. The summed E-state index contributed by atoms with van der Waals surface area (Å²) in [6, 6.07) is 6.26. The van der Waals surface area contributed by atoms with Crippen molar-refractivity contribution in [3.63, 3.8) is 0 Å². The van der Waals surface area contributed by atoms with Gasteiger partial charge >= 0.3 is 18.3 Å². The van der Waals surface area contributed by atoms with Gasteiger partial charge in [0.2, 0.25) is 0 Å². The smallest absolute Gasteiger partial charge is 0.433 e. The van der Waals surface area contributed by atoms with Crippen molar-refractivity contribution in [2.45, 2.75) is 56.5 Å². The minimum Gasteiger partial charge on any atom is -0.481 e. The summed E-state index contributed by atoms with van der Waals surface area (Å²) in [5, 5.41) is 9.28. The molecule has 0 amide bonds. The number of ether oxygens (including phenoxy) is 1. The van der Waals surface area contributed by atoms with Crippen LogP contribution >= 0.6 is 0 Å². The second-order valence-electron chi connectivity index (χ2n) is 8.99. The maximum absolute atomic E-state index is 13.1. The van der Waals surface area contributed by atoms with E-state index in [1.807, 2.05) is 4.90 Å². The second-order valence-corrected chi connectivity index (χ2v) is 8.99. The second kappa shape index (κ2) is 11.6. The van der Waals surface area contributed by atoms with Gasteiger partial charge in [0.15, 0.2) is 0 Å². The van der Waals surface area contributed by atoms with E-state index in [-0.39, 0.29) is 18.4 Å². The van der Waals surface area contributed by atoms with Crippen molar-refractivity contribution in [1.29, 1.82) is 0 Å². The summed E-state index contributed by atoms with van der Waals surface area (Å²) in [6.45, 7) is 0.854. The Hall–Kier alpha value is -2.66. The Balaban J connectivity index is 1.97. The van der Waals surface area contributed by atoms with Gasteiger partial charge in [-0.25, -0.2) is 0 Å². The third-order valence-corrected chi connectivity index (χ3v) is 6.53. The Morgan fingerprint density at radius 2 is 1.81 bits per heavy atom. The topological polar surface area (TPSA) is 62.7 Å². The molecule has 0 unspecified atom stereocenters. The number of piperidine rings is 1. The van der Waals surface area contributed by atoms with Crippen LogP contribution in [0, 0.1) is 5.92 Å². The van der Waals surface area contributed by atoms with Gasteiger partial charge in [-0.2, -0.15) is 26.3 Å². The summed E-state index contributed by atoms with van der Waals surface area (Å²) in [4.78, 5) is 17.0. The standard InChI is InChI=1S/C25H28F6N2O3/c1-36-12-2-3-20(18-6-9-22(32-15-18)25(29,30)31)33-11-10-16(14-23(34)35)13-21(33)17-4-7-19(8-5-17)24(26,27)28/h4-9,15-16,20-21H,2-3,10-14H2,1H3,(H,34,35)/t16-,20-,21+/m1/s1. The van der Waals surface area contributed by atoms with E-state index in [1.54, 1.807) is 0 Å². The molecule has 1 N–H and O–H groups in total. The number of carbonyl (C=O) groups is 1. The largest absolute Gasteiger partial charge is 0.481 e. The van der Waals surface area contributed by atoms with Gasteiger partial charge in [-0.3, -0.25) is 14.7 Å². The van der Waals surface area contributed by atoms with Crippen LogP contribution < -0.4 is 0 Å². The Morgan fingerprint density at radius 3 is 2.33 bits per heavy atom. The van der Waals surface area contributed by atoms with Gasteiger partial charge < -0.3 is 9.84 Å². The van der Waals surface area contributed by atoms with Crippen LogP contribution in [-0.4, -0.2) is 41.2 Å². The SMILES string of the molecule is COCCC[C@H](c1ccc(C(F)(F)F)nc1)N1CC[C@@H](CC(=O)O)C[C@H]1c1ccc(C(F)(F)F)cc1. The summed E-state index contributed by atoms with van der Waals surface area (Å²) in [7, 11) is 1.54. The zero-order valence-corrected chi connectivity index (χ0v) is 19.6. The van der Waals surface area contributed by atoms with Crippen LogP contribution in [0.5, 0.6) is 0 Å². The van der Waals surface area contributed by atoms with Crippen LogP contribution in [0.15, 0.2) is 42.6 Å². The minimum atomic E-state index is -4.58. The monoisotopic (exact) mass is 518 g/mol. The van der Waals surface area contributed by atoms with E-state index in [0.29, 0.717) is 50.0 Å². The molecule has 1 aliphatic rings. The van der Waals surface area contributed by atoms with E-state index in [4.69, 9.17) is 4.74 Å². The summed E-state index contributed by atoms with van der Waals surface area (Å²) in [6.07, 6.45) is -5.91. The maximum Gasteiger partial charge on any atom is 0.433 e. The van der Waals surface area contributed by atoms with Crippen molar-refractivity contribution in [1.82, 2.24) is 9.88 Å². The van der Waals surface area contributed by atoms with Gasteiger partial charge in [0, 0.05) is 38.4 Å². The van der Waals surface area contributed by atoms with E-state index in [1.165, 1.54) is 31.5 Å². The van der Waals surface area contributed by atoms with Crippen molar-refractivity contribution in [2.24, 2.45) is 5.92 Å². The summed E-state index contributed by atoms with van der Waals surface area (Å²) < 4.78 is 83.6. The number of nitrogens with zero attached hydrogens (tertiary/aromatic N) is 2. The molecule has 0 saturated carbocycles. The lowest BCUT2D eigenvalue weighted by Gasteiger charge is -2.44. The average Bonchev–Trinajstić information content (AvgIpc) is 2.81. The molecule has 198 valence electrons. The van der Waals surface area contributed by atoms with E-state index >= 15 is 0 Å². The van der Waals surface area contributed by atoms with Crippen molar-refractivity contribution >= 4 is 5.97 Å². The number of rotatable bonds is 9. The van der Waals surface area contributed by atoms with Crippen molar-refractivity contribution in [3.05, 3.63) is 65.0 Å². The molecule has 0 spiro atoms. The Bertz CT molecular complexity index is 993. The third kappa shape index (κ3) is 7.19. The van der Waals surface area contributed by atoms with Crippen molar-refractivity contribution < 1.29 is 41.0 Å². The Morgan fingerprint density at radius 1 is 1.11 bits per heavy atom. The van der Waals surface area contributed by atoms with Crippen molar-refractivity contribution in [3.8, 4) is 0 Å². The number of methoxy groups -OCH3 is 1. The van der Waals surface area contributed by atoms with Gasteiger partial charge in [0.25, 0.3) is 0 Å². The number of carboxylic acid groups (broad SMARTS) is 1. The lowest BCUT2D eigenvalue weighted by atomic mass is 9.83. The van der Waals surface area contributed by atoms with Crippen LogP contribution in [0.4, 0.5) is 26.3 Å². The molecule has 0 radical (unpaired) electrons. The molecule has 1 aromatic carbocycles. The quantitative estimate of drug-likeness (QED) is 0.303. The molecule has 3 rings (SSSR count). The molecular weight excluding hydrogens is 490 g/mol. The molecule has 11 heteroatoms. The molecular formula is C25H28F6N2O3. The molecule has 1 saturated heterocycles. The Labute approximate surface area is 205 Å². The third-order valence-electron chi connectivity index (χ3n) is 6.53. The zero-order chi connectivity index (χ0) is 26.5. The molecule has 5 nitrogen and oxygen atoms in total. The minimum absolute atomic E-state index is 0.0683. The van der Waals surface area contributed by atoms with Crippen LogP contribution in [0.2, 0.25) is 0 Å². The predicted octanol–water partition coefficient (Wildman–Crippen LogP) is 6.51. The van der Waals surface area contributed by atoms with Crippen LogP contribution in [0.1, 0.15) is 66.6 Å². The average molecular weight is 518 g/mol. The van der Waals surface area contributed by atoms with E-state index in [9.17, 15) is 36.2 Å². The van der Waals surface area contributed by atoms with Gasteiger partial charge in [0.1, 0.15) is 5.69 Å². The van der Waals surface area contributed by atoms with Gasteiger partial charge in [-0.05, 0) is 67.5 Å². The van der Waals surface area contributed by atoms with Crippen LogP contribution in [-0.2, 0) is 21.9 Å². The molecule has 2 heterocycles. The van der Waals surface area contributed by atoms with Crippen molar-refractivity contribution in [2.75, 3.05) is 20.3 Å². The van der Waals surface area contributed by atoms with Gasteiger partial charge in [-0.1, -0.05) is 18.2 Å². The zero-order valence-electron chi connectivity index (χ0n) is 19.6. The highest BCUT2D eigenvalue weighted by Gasteiger charge is 2.37. The number of pyridine rings is 1. The number of aliphatic carboxylic acids is 1. The molecule has 1 aromatic heterocycles. The number of hydrogen-bond donors (Lipinski definition) is 1. The highest BCUT2D eigenvalue weighted by molar-refractivity contribution is 5.67. The lowest BCUT2D eigenvalue weighted by molar-refractivity contribution is -0.141. The first kappa shape index (κ1) is 27.9. The number of alkyl halides is 6. The first-order valence-electron chi connectivity index (χ1n) is 11.6. The fraction of sp³-hybridized carbons (Fsp3) is 0.520. The first-order valence-corrected chi connectivity index (χ1v) is 11.6. The van der Waals surface area contributed by atoms with E-state index in [0.717, 1.165) is 18.2 Å². The molecule has 0 bridgehead atoms. The molecule has 1 fully saturated rings. The fourth-order valence-corrected chi connectivity index (χ4v) is 4.80. The summed E-state index contributed by atoms with van der Waals surface area (Å²) in [5.41, 5.74) is -0.664. The molecule has 0 aliphatic carbocycles. The summed E-state index contributed by atoms with van der Waals surface area (Å²) >= 11 is 0. The van der Waals surface area contributed by atoms with Crippen LogP contribution in [0.25, 0.3) is 0 Å². The molecule has 3 atom stereocenters. The Kier molecular flexibility index (Phi) is 8.99. The number of hydrogen-bond acceptors (Lipinski definition) is 4. The van der Waals surface area contributed by atoms with E-state index in [2.05, 4.69) is 4.98 Å². The number of carboxylic acids is 1. The highest BCUT2D eigenvalue weighted by atomic mass is 19.4. The number of benzene rings is 1. The van der Waals surface area contributed by atoms with Gasteiger partial charge in [0.05, 0.1) is 5.56 Å². The van der Waals surface area contributed by atoms with Crippen LogP contribution in [0.3, 0.4) is 0 Å². The number of halogens is 6. The van der Waals surface area contributed by atoms with Gasteiger partial charge in [-0.15, -0.1) is 0 Å². The fourth-order valence-electron chi connectivity index (χ4n) is 4.80. The highest BCUT2D eigenvalue weighted by Crippen LogP contribution is 2.43. The number of likely N-dealkylation sites (tertiary alicyclic amines) is 1. The molecule has 36 heavy (non-hydrogen) atoms. The molecule has 2 aromatic rings.